The lowest BCUT2D eigenvalue weighted by Crippen LogP contribution is -2.36. The van der Waals surface area contributed by atoms with Gasteiger partial charge in [-0.1, -0.05) is 0 Å². The first kappa shape index (κ1) is 14.0. The molecule has 3 heterocycles. The summed E-state index contributed by atoms with van der Waals surface area (Å²) < 4.78 is 30.4. The molecule has 22 heavy (non-hydrogen) atoms. The second-order valence-electron chi connectivity index (χ2n) is 5.91. The van der Waals surface area contributed by atoms with Crippen LogP contribution in [0.25, 0.3) is 0 Å². The van der Waals surface area contributed by atoms with E-state index in [9.17, 15) is 8.42 Å². The van der Waals surface area contributed by atoms with Crippen molar-refractivity contribution in [2.75, 3.05) is 13.1 Å². The zero-order chi connectivity index (χ0) is 15.2. The van der Waals surface area contributed by atoms with Crippen molar-refractivity contribution in [2.24, 2.45) is 0 Å². The normalized spacial score (nSPS) is 19.8. The second kappa shape index (κ2) is 5.20. The molecule has 8 heteroatoms. The molecule has 0 spiro atoms. The minimum absolute atomic E-state index is 0.138. The molecule has 0 bridgehead atoms. The molecule has 0 radical (unpaired) electrons. The predicted molar refractivity (Wildman–Crippen MR) is 80.8 cm³/mol. The lowest BCUT2D eigenvalue weighted by Gasteiger charge is -2.19. The van der Waals surface area contributed by atoms with Crippen molar-refractivity contribution in [3.63, 3.8) is 0 Å². The van der Waals surface area contributed by atoms with Crippen LogP contribution in [0.3, 0.4) is 0 Å². The topological polar surface area (TPSA) is 73.0 Å². The van der Waals surface area contributed by atoms with E-state index in [0.29, 0.717) is 32.6 Å². The molecule has 1 aliphatic carbocycles. The number of fused-ring (bicyclic) bond motifs is 1. The molecule has 1 aliphatic heterocycles. The average Bonchev–Trinajstić information content (AvgIpc) is 3.20. The third-order valence-corrected chi connectivity index (χ3v) is 6.77. The number of nitrogens with zero attached hydrogens (tertiary/aromatic N) is 5. The van der Waals surface area contributed by atoms with Gasteiger partial charge in [0.1, 0.15) is 5.82 Å². The summed E-state index contributed by atoms with van der Waals surface area (Å²) in [5.74, 6) is 0.968. The number of hydrogen-bond acceptors (Lipinski definition) is 4. The van der Waals surface area contributed by atoms with Crippen molar-refractivity contribution in [1.82, 2.24) is 23.6 Å². The van der Waals surface area contributed by atoms with Crippen molar-refractivity contribution in [3.05, 3.63) is 36.2 Å². The Balaban J connectivity index is 1.54. The Kier molecular flexibility index (Phi) is 3.30. The van der Waals surface area contributed by atoms with Gasteiger partial charge in [-0.25, -0.2) is 13.4 Å². The molecule has 0 aromatic carbocycles. The molecule has 0 amide bonds. The number of aromatic nitrogens is 4. The SMILES string of the molecule is O=S(=O)(C1CC1)N1CCc2ncc(Cn3cccn3)n2CC1. The van der Waals surface area contributed by atoms with E-state index in [1.807, 2.05) is 23.1 Å². The Morgan fingerprint density at radius 3 is 2.82 bits per heavy atom. The first-order chi connectivity index (χ1) is 10.6. The van der Waals surface area contributed by atoms with Crippen LogP contribution in [-0.2, 0) is 29.5 Å². The van der Waals surface area contributed by atoms with Crippen LogP contribution in [0.4, 0.5) is 0 Å². The molecule has 2 aromatic rings. The summed E-state index contributed by atoms with van der Waals surface area (Å²) in [6.07, 6.45) is 7.85. The van der Waals surface area contributed by atoms with E-state index in [0.717, 1.165) is 24.4 Å². The van der Waals surface area contributed by atoms with Crippen molar-refractivity contribution < 1.29 is 8.42 Å². The number of imidazole rings is 1. The van der Waals surface area contributed by atoms with Gasteiger partial charge in [-0.2, -0.15) is 9.40 Å². The van der Waals surface area contributed by atoms with Gasteiger partial charge in [0.05, 0.1) is 23.7 Å². The molecule has 1 fully saturated rings. The van der Waals surface area contributed by atoms with E-state index < -0.39 is 10.0 Å². The Labute approximate surface area is 129 Å². The van der Waals surface area contributed by atoms with Gasteiger partial charge in [-0.15, -0.1) is 0 Å². The molecule has 2 aliphatic rings. The average molecular weight is 321 g/mol. The summed E-state index contributed by atoms with van der Waals surface area (Å²) >= 11 is 0. The first-order valence-corrected chi connectivity index (χ1v) is 9.14. The summed E-state index contributed by atoms with van der Waals surface area (Å²) in [6.45, 7) is 2.40. The number of sulfonamides is 1. The third kappa shape index (κ3) is 2.46. The summed E-state index contributed by atoms with van der Waals surface area (Å²) in [5, 5.41) is 4.08. The molecule has 118 valence electrons. The predicted octanol–water partition coefficient (Wildman–Crippen LogP) is 0.478. The molecular weight excluding hydrogens is 302 g/mol. The van der Waals surface area contributed by atoms with Gasteiger partial charge in [0.25, 0.3) is 0 Å². The van der Waals surface area contributed by atoms with Crippen LogP contribution in [0.5, 0.6) is 0 Å². The maximum atomic E-state index is 12.4. The Hall–Kier alpha value is -1.67. The fourth-order valence-corrected chi connectivity index (χ4v) is 4.83. The van der Waals surface area contributed by atoms with Crippen LogP contribution in [0, 0.1) is 0 Å². The largest absolute Gasteiger partial charge is 0.329 e. The van der Waals surface area contributed by atoms with E-state index >= 15 is 0 Å². The van der Waals surface area contributed by atoms with Gasteiger partial charge in [0.15, 0.2) is 0 Å². The smallest absolute Gasteiger partial charge is 0.217 e. The lowest BCUT2D eigenvalue weighted by atomic mass is 10.4. The monoisotopic (exact) mass is 321 g/mol. The fourth-order valence-electron chi connectivity index (χ4n) is 2.99. The minimum Gasteiger partial charge on any atom is -0.329 e. The van der Waals surface area contributed by atoms with Crippen molar-refractivity contribution in [2.45, 2.75) is 37.6 Å². The van der Waals surface area contributed by atoms with Crippen LogP contribution in [0.15, 0.2) is 24.7 Å². The first-order valence-electron chi connectivity index (χ1n) is 7.64. The summed E-state index contributed by atoms with van der Waals surface area (Å²) in [5.41, 5.74) is 1.07. The maximum Gasteiger partial charge on any atom is 0.217 e. The third-order valence-electron chi connectivity index (χ3n) is 4.37. The molecule has 0 atom stereocenters. The molecule has 0 saturated heterocycles. The van der Waals surface area contributed by atoms with Crippen LogP contribution in [0.1, 0.15) is 24.4 Å². The Bertz CT molecular complexity index is 761. The highest BCUT2D eigenvalue weighted by atomic mass is 32.2. The highest BCUT2D eigenvalue weighted by Crippen LogP contribution is 2.31. The zero-order valence-corrected chi connectivity index (χ0v) is 13.1. The van der Waals surface area contributed by atoms with Crippen LogP contribution >= 0.6 is 0 Å². The van der Waals surface area contributed by atoms with Crippen molar-refractivity contribution in [3.8, 4) is 0 Å². The summed E-state index contributed by atoms with van der Waals surface area (Å²) in [4.78, 5) is 4.47. The lowest BCUT2D eigenvalue weighted by molar-refractivity contribution is 0.412. The molecule has 1 saturated carbocycles. The van der Waals surface area contributed by atoms with Gasteiger partial charge in [0.2, 0.25) is 10.0 Å². The van der Waals surface area contributed by atoms with Crippen molar-refractivity contribution in [1.29, 1.82) is 0 Å². The van der Waals surface area contributed by atoms with E-state index in [4.69, 9.17) is 0 Å². The van der Waals surface area contributed by atoms with Gasteiger partial charge in [-0.3, -0.25) is 4.68 Å². The van der Waals surface area contributed by atoms with Gasteiger partial charge in [-0.05, 0) is 18.9 Å². The Morgan fingerprint density at radius 1 is 1.23 bits per heavy atom. The quantitative estimate of drug-likeness (QED) is 0.821. The molecular formula is C14H19N5O2S. The van der Waals surface area contributed by atoms with Crippen molar-refractivity contribution >= 4 is 10.0 Å². The highest BCUT2D eigenvalue weighted by molar-refractivity contribution is 7.90. The molecule has 0 unspecified atom stereocenters. The standard InChI is InChI=1S/C14H19N5O2S/c20-22(21,13-2-3-13)18-7-4-14-15-10-12(19(14)9-8-18)11-17-6-1-5-16-17/h1,5-6,10,13H,2-4,7-9,11H2. The van der Waals surface area contributed by atoms with E-state index in [-0.39, 0.29) is 5.25 Å². The summed E-state index contributed by atoms with van der Waals surface area (Å²) in [7, 11) is -3.10. The van der Waals surface area contributed by atoms with Gasteiger partial charge < -0.3 is 4.57 Å². The van der Waals surface area contributed by atoms with Gasteiger partial charge in [0, 0.05) is 38.4 Å². The molecule has 2 aromatic heterocycles. The minimum atomic E-state index is -3.10. The summed E-state index contributed by atoms with van der Waals surface area (Å²) in [6, 6.07) is 1.89. The zero-order valence-electron chi connectivity index (χ0n) is 12.3. The van der Waals surface area contributed by atoms with Crippen LogP contribution < -0.4 is 0 Å². The van der Waals surface area contributed by atoms with Gasteiger partial charge >= 0.3 is 0 Å². The second-order valence-corrected chi connectivity index (χ2v) is 8.13. The molecule has 4 rings (SSSR count). The maximum absolute atomic E-state index is 12.4. The fraction of sp³-hybridized carbons (Fsp3) is 0.571. The number of hydrogen-bond donors (Lipinski definition) is 0. The highest BCUT2D eigenvalue weighted by Gasteiger charge is 2.40. The van der Waals surface area contributed by atoms with Crippen LogP contribution in [-0.4, -0.2) is 50.4 Å². The molecule has 7 nitrogen and oxygen atoms in total. The number of rotatable bonds is 4. The Morgan fingerprint density at radius 2 is 2.09 bits per heavy atom. The van der Waals surface area contributed by atoms with E-state index in [1.54, 1.807) is 10.5 Å². The van der Waals surface area contributed by atoms with E-state index in [1.165, 1.54) is 0 Å². The van der Waals surface area contributed by atoms with E-state index in [2.05, 4.69) is 14.6 Å². The molecule has 0 N–H and O–H groups in total. The van der Waals surface area contributed by atoms with Crippen LogP contribution in [0.2, 0.25) is 0 Å².